The zero-order valence-electron chi connectivity index (χ0n) is 7.14. The summed E-state index contributed by atoms with van der Waals surface area (Å²) in [5.74, 6) is -1.03. The van der Waals surface area contributed by atoms with Gasteiger partial charge in [0, 0.05) is 17.0 Å². The highest BCUT2D eigenvalue weighted by molar-refractivity contribution is 6.04. The first-order valence-corrected chi connectivity index (χ1v) is 3.99. The van der Waals surface area contributed by atoms with Crippen LogP contribution >= 0.6 is 0 Å². The van der Waals surface area contributed by atoms with E-state index in [1.54, 1.807) is 12.1 Å². The van der Waals surface area contributed by atoms with Crippen molar-refractivity contribution in [1.29, 1.82) is 0 Å². The number of hydrogen-bond acceptors (Lipinski definition) is 3. The molecule has 0 saturated carbocycles. The van der Waals surface area contributed by atoms with Crippen LogP contribution in [0.5, 0.6) is 5.75 Å². The lowest BCUT2D eigenvalue weighted by molar-refractivity contribution is 0.0699. The minimum Gasteiger partial charge on any atom is -0.506 e. The van der Waals surface area contributed by atoms with Crippen molar-refractivity contribution in [2.24, 2.45) is 0 Å². The smallest absolute Gasteiger partial charge is 0.336 e. The average Bonchev–Trinajstić information content (AvgIpc) is 2.17. The minimum atomic E-state index is -1.02. The number of carbonyl (C=O) groups is 1. The van der Waals surface area contributed by atoms with E-state index >= 15 is 0 Å². The number of rotatable bonds is 1. The fourth-order valence-corrected chi connectivity index (χ4v) is 1.37. The normalized spacial score (nSPS) is 10.3. The first-order valence-electron chi connectivity index (χ1n) is 3.99. The standard InChI is InChI=1S/C10H7NO3/c12-9-5-11-4-8-6(9)2-1-3-7(8)10(13)14/h1-5,12H,(H,13,14). The molecule has 2 N–H and O–H groups in total. The fraction of sp³-hybridized carbons (Fsp3) is 0. The molecule has 0 atom stereocenters. The van der Waals surface area contributed by atoms with Crippen molar-refractivity contribution >= 4 is 16.7 Å². The monoisotopic (exact) mass is 189 g/mol. The Bertz CT molecular complexity index is 508. The molecule has 2 rings (SSSR count). The Balaban J connectivity index is 2.88. The largest absolute Gasteiger partial charge is 0.506 e. The van der Waals surface area contributed by atoms with Crippen molar-refractivity contribution in [3.05, 3.63) is 36.2 Å². The number of aromatic nitrogens is 1. The summed E-state index contributed by atoms with van der Waals surface area (Å²) < 4.78 is 0. The summed E-state index contributed by atoms with van der Waals surface area (Å²) in [4.78, 5) is 14.6. The lowest BCUT2D eigenvalue weighted by Gasteiger charge is -2.02. The first kappa shape index (κ1) is 8.50. The Morgan fingerprint density at radius 2 is 2.00 bits per heavy atom. The van der Waals surface area contributed by atoms with Gasteiger partial charge in [-0.25, -0.2) is 4.79 Å². The molecule has 0 aliphatic rings. The van der Waals surface area contributed by atoms with Gasteiger partial charge in [-0.05, 0) is 6.07 Å². The Hall–Kier alpha value is -2.10. The molecule has 4 heteroatoms. The Morgan fingerprint density at radius 3 is 2.71 bits per heavy atom. The van der Waals surface area contributed by atoms with Gasteiger partial charge in [0.25, 0.3) is 0 Å². The van der Waals surface area contributed by atoms with Crippen LogP contribution in [0.25, 0.3) is 10.8 Å². The first-order chi connectivity index (χ1) is 6.70. The molecule has 1 aromatic heterocycles. The topological polar surface area (TPSA) is 70.4 Å². The summed E-state index contributed by atoms with van der Waals surface area (Å²) in [7, 11) is 0. The highest BCUT2D eigenvalue weighted by Gasteiger charge is 2.09. The van der Waals surface area contributed by atoms with Crippen LogP contribution in [0, 0.1) is 0 Å². The van der Waals surface area contributed by atoms with E-state index in [1.165, 1.54) is 18.5 Å². The van der Waals surface area contributed by atoms with Crippen molar-refractivity contribution in [1.82, 2.24) is 4.98 Å². The molecule has 0 bridgehead atoms. The SMILES string of the molecule is O=C(O)c1cccc2c(O)cncc12. The molecule has 4 nitrogen and oxygen atoms in total. The third-order valence-corrected chi connectivity index (χ3v) is 2.01. The Morgan fingerprint density at radius 1 is 1.21 bits per heavy atom. The maximum absolute atomic E-state index is 10.8. The summed E-state index contributed by atoms with van der Waals surface area (Å²) in [6.45, 7) is 0. The second kappa shape index (κ2) is 2.99. The third kappa shape index (κ3) is 1.17. The van der Waals surface area contributed by atoms with Crippen LogP contribution in [0.2, 0.25) is 0 Å². The lowest BCUT2D eigenvalue weighted by Crippen LogP contribution is -1.97. The minimum absolute atomic E-state index is 0.00870. The Kier molecular flexibility index (Phi) is 1.81. The summed E-state index contributed by atoms with van der Waals surface area (Å²) >= 11 is 0. The van der Waals surface area contributed by atoms with Crippen molar-refractivity contribution in [3.63, 3.8) is 0 Å². The van der Waals surface area contributed by atoms with E-state index in [0.29, 0.717) is 10.8 Å². The average molecular weight is 189 g/mol. The van der Waals surface area contributed by atoms with Gasteiger partial charge in [0.05, 0.1) is 11.8 Å². The summed E-state index contributed by atoms with van der Waals surface area (Å²) in [5, 5.41) is 19.2. The molecule has 0 aliphatic carbocycles. The third-order valence-electron chi connectivity index (χ3n) is 2.01. The van der Waals surface area contributed by atoms with Crippen LogP contribution in [0.3, 0.4) is 0 Å². The van der Waals surface area contributed by atoms with E-state index in [1.807, 2.05) is 0 Å². The quantitative estimate of drug-likeness (QED) is 0.715. The number of aromatic carboxylic acids is 1. The van der Waals surface area contributed by atoms with E-state index in [2.05, 4.69) is 4.98 Å². The van der Waals surface area contributed by atoms with Gasteiger partial charge in [0.2, 0.25) is 0 Å². The van der Waals surface area contributed by atoms with Crippen LogP contribution in [0.15, 0.2) is 30.6 Å². The molecule has 0 amide bonds. The number of pyridine rings is 1. The maximum Gasteiger partial charge on any atom is 0.336 e. The van der Waals surface area contributed by atoms with Crippen LogP contribution in [-0.4, -0.2) is 21.2 Å². The molecule has 0 aliphatic heterocycles. The maximum atomic E-state index is 10.8. The van der Waals surface area contributed by atoms with Gasteiger partial charge in [-0.1, -0.05) is 12.1 Å². The molecule has 70 valence electrons. The molecule has 0 fully saturated rings. The molecule has 0 spiro atoms. The Labute approximate surface area is 79.4 Å². The van der Waals surface area contributed by atoms with Gasteiger partial charge >= 0.3 is 5.97 Å². The van der Waals surface area contributed by atoms with Crippen LogP contribution in [-0.2, 0) is 0 Å². The molecule has 14 heavy (non-hydrogen) atoms. The highest BCUT2D eigenvalue weighted by Crippen LogP contribution is 2.25. The molecule has 1 heterocycles. The van der Waals surface area contributed by atoms with Gasteiger partial charge in [0.1, 0.15) is 5.75 Å². The summed E-state index contributed by atoms with van der Waals surface area (Å²) in [6.07, 6.45) is 2.71. The van der Waals surface area contributed by atoms with Crippen molar-refractivity contribution < 1.29 is 15.0 Å². The predicted octanol–water partition coefficient (Wildman–Crippen LogP) is 1.64. The molecule has 2 aromatic rings. The number of carboxylic acids is 1. The lowest BCUT2D eigenvalue weighted by atomic mass is 10.1. The van der Waals surface area contributed by atoms with E-state index in [-0.39, 0.29) is 11.3 Å². The van der Waals surface area contributed by atoms with Gasteiger partial charge in [-0.15, -0.1) is 0 Å². The number of carboxylic acid groups (broad SMARTS) is 1. The molecular weight excluding hydrogens is 182 g/mol. The molecule has 0 unspecified atom stereocenters. The number of aromatic hydroxyl groups is 1. The molecule has 0 radical (unpaired) electrons. The van der Waals surface area contributed by atoms with E-state index in [4.69, 9.17) is 5.11 Å². The number of nitrogens with zero attached hydrogens (tertiary/aromatic N) is 1. The highest BCUT2D eigenvalue weighted by atomic mass is 16.4. The van der Waals surface area contributed by atoms with Crippen LogP contribution in [0.1, 0.15) is 10.4 Å². The zero-order valence-corrected chi connectivity index (χ0v) is 7.14. The van der Waals surface area contributed by atoms with Gasteiger partial charge in [0.15, 0.2) is 0 Å². The van der Waals surface area contributed by atoms with Crippen molar-refractivity contribution in [2.45, 2.75) is 0 Å². The molecule has 0 saturated heterocycles. The fourth-order valence-electron chi connectivity index (χ4n) is 1.37. The summed E-state index contributed by atoms with van der Waals surface area (Å²) in [5.41, 5.74) is 0.144. The number of benzene rings is 1. The zero-order chi connectivity index (χ0) is 10.1. The summed E-state index contributed by atoms with van der Waals surface area (Å²) in [6, 6.07) is 4.72. The molecule has 1 aromatic carbocycles. The second-order valence-corrected chi connectivity index (χ2v) is 2.86. The number of hydrogen-bond donors (Lipinski definition) is 2. The van der Waals surface area contributed by atoms with Gasteiger partial charge in [-0.2, -0.15) is 0 Å². The van der Waals surface area contributed by atoms with Crippen LogP contribution < -0.4 is 0 Å². The van der Waals surface area contributed by atoms with E-state index in [9.17, 15) is 9.90 Å². The van der Waals surface area contributed by atoms with E-state index < -0.39 is 5.97 Å². The van der Waals surface area contributed by atoms with Crippen LogP contribution in [0.4, 0.5) is 0 Å². The van der Waals surface area contributed by atoms with Crippen molar-refractivity contribution in [3.8, 4) is 5.75 Å². The molecular formula is C10H7NO3. The van der Waals surface area contributed by atoms with Gasteiger partial charge in [-0.3, -0.25) is 4.98 Å². The number of fused-ring (bicyclic) bond motifs is 1. The van der Waals surface area contributed by atoms with Crippen molar-refractivity contribution in [2.75, 3.05) is 0 Å². The van der Waals surface area contributed by atoms with E-state index in [0.717, 1.165) is 0 Å². The second-order valence-electron chi connectivity index (χ2n) is 2.86. The predicted molar refractivity (Wildman–Crippen MR) is 50.4 cm³/mol. The van der Waals surface area contributed by atoms with Gasteiger partial charge < -0.3 is 10.2 Å².